The monoisotopic (exact) mass is 301 g/mol. The minimum Gasteiger partial charge on any atom is -0.351 e. The van der Waals surface area contributed by atoms with Gasteiger partial charge in [-0.2, -0.15) is 0 Å². The van der Waals surface area contributed by atoms with Gasteiger partial charge >= 0.3 is 0 Å². The lowest BCUT2D eigenvalue weighted by Gasteiger charge is -2.19. The lowest BCUT2D eigenvalue weighted by molar-refractivity contribution is -0.119. The molecule has 3 rings (SSSR count). The normalized spacial score (nSPS) is 21.5. The summed E-state index contributed by atoms with van der Waals surface area (Å²) in [5, 5.41) is 6.11. The van der Waals surface area contributed by atoms with Crippen molar-refractivity contribution in [1.82, 2.24) is 10.3 Å². The van der Waals surface area contributed by atoms with Gasteiger partial charge in [-0.3, -0.25) is 4.79 Å². The van der Waals surface area contributed by atoms with E-state index < -0.39 is 0 Å². The number of rotatable bonds is 3. The molecule has 0 spiro atoms. The van der Waals surface area contributed by atoms with Crippen LogP contribution in [0.3, 0.4) is 0 Å². The first kappa shape index (κ1) is 14.1. The zero-order valence-corrected chi connectivity index (χ0v) is 13.1. The number of hydrogen-bond acceptors (Lipinski definition) is 4. The van der Waals surface area contributed by atoms with E-state index in [2.05, 4.69) is 46.4 Å². The van der Waals surface area contributed by atoms with Crippen molar-refractivity contribution in [3.05, 3.63) is 47.0 Å². The van der Waals surface area contributed by atoms with Crippen molar-refractivity contribution < 1.29 is 4.79 Å². The number of benzene rings is 1. The molecule has 0 aliphatic carbocycles. The van der Waals surface area contributed by atoms with Crippen molar-refractivity contribution in [3.63, 3.8) is 0 Å². The third-order valence-corrected chi connectivity index (χ3v) is 4.74. The molecule has 21 heavy (non-hydrogen) atoms. The lowest BCUT2D eigenvalue weighted by Crippen LogP contribution is -2.38. The number of anilines is 1. The summed E-state index contributed by atoms with van der Waals surface area (Å²) in [5.41, 5.74) is 2.53. The Kier molecular flexibility index (Phi) is 3.92. The van der Waals surface area contributed by atoms with Gasteiger partial charge in [-0.1, -0.05) is 29.8 Å². The van der Waals surface area contributed by atoms with Gasteiger partial charge in [0.1, 0.15) is 0 Å². The molecule has 0 unspecified atom stereocenters. The van der Waals surface area contributed by atoms with Crippen LogP contribution in [0.25, 0.3) is 0 Å². The highest BCUT2D eigenvalue weighted by molar-refractivity contribution is 7.13. The summed E-state index contributed by atoms with van der Waals surface area (Å²) in [6.07, 6.45) is 1.83. The Morgan fingerprint density at radius 3 is 2.71 bits per heavy atom. The summed E-state index contributed by atoms with van der Waals surface area (Å²) in [6, 6.07) is 8.73. The number of aromatic nitrogens is 1. The highest BCUT2D eigenvalue weighted by Gasteiger charge is 2.35. The van der Waals surface area contributed by atoms with Gasteiger partial charge in [-0.05, 0) is 12.5 Å². The first-order chi connectivity index (χ1) is 10.1. The molecule has 5 heteroatoms. The predicted molar refractivity (Wildman–Crippen MR) is 85.9 cm³/mol. The molecule has 4 nitrogen and oxygen atoms in total. The number of nitrogens with zero attached hydrogens (tertiary/aromatic N) is 2. The zero-order valence-electron chi connectivity index (χ0n) is 12.2. The molecule has 1 aromatic carbocycles. The Morgan fingerprint density at radius 2 is 2.10 bits per heavy atom. The summed E-state index contributed by atoms with van der Waals surface area (Å²) in [4.78, 5) is 18.1. The van der Waals surface area contributed by atoms with Crippen LogP contribution in [0, 0.1) is 6.92 Å². The third kappa shape index (κ3) is 3.08. The molecule has 1 amide bonds. The van der Waals surface area contributed by atoms with E-state index in [0.29, 0.717) is 5.92 Å². The van der Waals surface area contributed by atoms with Crippen LogP contribution < -0.4 is 10.2 Å². The minimum atomic E-state index is 0.0260. The van der Waals surface area contributed by atoms with Crippen LogP contribution in [-0.2, 0) is 4.79 Å². The van der Waals surface area contributed by atoms with Gasteiger partial charge in [-0.25, -0.2) is 4.98 Å². The molecule has 0 bridgehead atoms. The second kappa shape index (κ2) is 5.85. The van der Waals surface area contributed by atoms with Gasteiger partial charge < -0.3 is 10.2 Å². The molecule has 0 saturated carbocycles. The van der Waals surface area contributed by atoms with E-state index >= 15 is 0 Å². The van der Waals surface area contributed by atoms with E-state index in [0.717, 1.165) is 18.2 Å². The molecule has 2 atom stereocenters. The molecule has 1 fully saturated rings. The molecule has 2 aromatic rings. The van der Waals surface area contributed by atoms with Crippen molar-refractivity contribution in [2.75, 3.05) is 18.0 Å². The Hall–Kier alpha value is -1.88. The van der Waals surface area contributed by atoms with Crippen molar-refractivity contribution in [2.45, 2.75) is 25.8 Å². The van der Waals surface area contributed by atoms with Crippen LogP contribution in [0.2, 0.25) is 0 Å². The van der Waals surface area contributed by atoms with Gasteiger partial charge in [0.2, 0.25) is 5.91 Å². The van der Waals surface area contributed by atoms with E-state index in [1.165, 1.54) is 11.1 Å². The number of amides is 1. The maximum absolute atomic E-state index is 11.5. The zero-order chi connectivity index (χ0) is 14.8. The molecule has 110 valence electrons. The Balaban J connectivity index is 1.85. The van der Waals surface area contributed by atoms with Gasteiger partial charge in [0.05, 0.1) is 6.04 Å². The molecule has 1 N–H and O–H groups in total. The summed E-state index contributed by atoms with van der Waals surface area (Å²) in [7, 11) is 0. The summed E-state index contributed by atoms with van der Waals surface area (Å²) >= 11 is 1.64. The van der Waals surface area contributed by atoms with Crippen molar-refractivity contribution in [2.24, 2.45) is 0 Å². The van der Waals surface area contributed by atoms with Crippen molar-refractivity contribution in [3.8, 4) is 0 Å². The smallest absolute Gasteiger partial charge is 0.217 e. The highest BCUT2D eigenvalue weighted by Crippen LogP contribution is 2.32. The average Bonchev–Trinajstić information content (AvgIpc) is 3.08. The number of thiazole rings is 1. The molecule has 1 aliphatic heterocycles. The Bertz CT molecular complexity index is 609. The molecule has 1 saturated heterocycles. The Labute approximate surface area is 128 Å². The minimum absolute atomic E-state index is 0.0260. The van der Waals surface area contributed by atoms with Gasteiger partial charge in [-0.15, -0.1) is 11.3 Å². The fourth-order valence-corrected chi connectivity index (χ4v) is 3.55. The van der Waals surface area contributed by atoms with Crippen LogP contribution in [0.1, 0.15) is 24.0 Å². The quantitative estimate of drug-likeness (QED) is 0.947. The first-order valence-corrected chi connectivity index (χ1v) is 7.99. The topological polar surface area (TPSA) is 45.2 Å². The number of carbonyl (C=O) groups excluding carboxylic acids is 1. The van der Waals surface area contributed by atoms with E-state index in [1.807, 2.05) is 11.6 Å². The van der Waals surface area contributed by atoms with E-state index in [1.54, 1.807) is 18.3 Å². The largest absolute Gasteiger partial charge is 0.351 e. The van der Waals surface area contributed by atoms with Crippen LogP contribution >= 0.6 is 11.3 Å². The summed E-state index contributed by atoms with van der Waals surface area (Å²) in [5.74, 6) is 0.330. The maximum atomic E-state index is 11.5. The molecule has 2 heterocycles. The fourth-order valence-electron chi connectivity index (χ4n) is 2.89. The molecular weight excluding hydrogens is 282 g/mol. The number of carbonyl (C=O) groups is 1. The standard InChI is InChI=1S/C16H19N3OS/c1-11-3-5-13(6-4-11)14-9-19(16-17-7-8-21-16)10-15(14)18-12(2)20/h3-8,14-15H,9-10H2,1-2H3,(H,18,20)/t14-,15+/m0/s1. The Morgan fingerprint density at radius 1 is 1.33 bits per heavy atom. The molecule has 0 radical (unpaired) electrons. The lowest BCUT2D eigenvalue weighted by atomic mass is 9.93. The van der Waals surface area contributed by atoms with Crippen LogP contribution in [-0.4, -0.2) is 30.0 Å². The summed E-state index contributed by atoms with van der Waals surface area (Å²) < 4.78 is 0. The maximum Gasteiger partial charge on any atom is 0.217 e. The number of hydrogen-bond donors (Lipinski definition) is 1. The van der Waals surface area contributed by atoms with Crippen molar-refractivity contribution >= 4 is 22.4 Å². The molecule has 1 aromatic heterocycles. The summed E-state index contributed by atoms with van der Waals surface area (Å²) in [6.45, 7) is 5.37. The second-order valence-electron chi connectivity index (χ2n) is 5.54. The third-order valence-electron chi connectivity index (χ3n) is 3.90. The fraction of sp³-hybridized carbons (Fsp3) is 0.375. The van der Waals surface area contributed by atoms with Gasteiger partial charge in [0.25, 0.3) is 0 Å². The number of aryl methyl sites for hydroxylation is 1. The number of nitrogens with one attached hydrogen (secondary N) is 1. The van der Waals surface area contributed by atoms with Gasteiger partial charge in [0.15, 0.2) is 5.13 Å². The van der Waals surface area contributed by atoms with Crippen LogP contribution in [0.4, 0.5) is 5.13 Å². The SMILES string of the molecule is CC(=O)N[C@@H]1CN(c2nccs2)C[C@H]1c1ccc(C)cc1. The molecular formula is C16H19N3OS. The molecule has 1 aliphatic rings. The second-order valence-corrected chi connectivity index (χ2v) is 6.42. The van der Waals surface area contributed by atoms with Gasteiger partial charge in [0, 0.05) is 37.5 Å². The van der Waals surface area contributed by atoms with Crippen molar-refractivity contribution in [1.29, 1.82) is 0 Å². The van der Waals surface area contributed by atoms with Crippen LogP contribution in [0.15, 0.2) is 35.8 Å². The van der Waals surface area contributed by atoms with E-state index in [4.69, 9.17) is 0 Å². The first-order valence-electron chi connectivity index (χ1n) is 7.11. The van der Waals surface area contributed by atoms with E-state index in [-0.39, 0.29) is 11.9 Å². The van der Waals surface area contributed by atoms with Crippen LogP contribution in [0.5, 0.6) is 0 Å². The highest BCUT2D eigenvalue weighted by atomic mass is 32.1. The predicted octanol–water partition coefficient (Wildman–Crippen LogP) is 2.56. The average molecular weight is 301 g/mol. The van der Waals surface area contributed by atoms with E-state index in [9.17, 15) is 4.79 Å².